The molecule has 3 rings (SSSR count). The van der Waals surface area contributed by atoms with Crippen molar-refractivity contribution in [1.29, 1.82) is 0 Å². The number of benzene rings is 2. The number of carboxylic acid groups (broad SMARTS) is 1. The summed E-state index contributed by atoms with van der Waals surface area (Å²) in [7, 11) is 0. The maximum atomic E-state index is 14.2. The summed E-state index contributed by atoms with van der Waals surface area (Å²) in [6, 6.07) is 9.04. The lowest BCUT2D eigenvalue weighted by Crippen LogP contribution is -2.09. The molecular formula is C18H16FN3O3. The van der Waals surface area contributed by atoms with E-state index in [4.69, 9.17) is 0 Å². The third-order valence-electron chi connectivity index (χ3n) is 3.83. The van der Waals surface area contributed by atoms with E-state index in [1.165, 1.54) is 25.1 Å². The van der Waals surface area contributed by atoms with Crippen molar-refractivity contribution in [3.63, 3.8) is 0 Å². The minimum absolute atomic E-state index is 0.00270. The number of fused-ring (bicyclic) bond motifs is 1. The van der Waals surface area contributed by atoms with E-state index >= 15 is 0 Å². The Kier molecular flexibility index (Phi) is 4.22. The number of carboxylic acids is 1. The van der Waals surface area contributed by atoms with E-state index in [0.717, 1.165) is 0 Å². The number of halogens is 1. The number of anilines is 1. The van der Waals surface area contributed by atoms with Crippen LogP contribution in [-0.2, 0) is 11.3 Å². The maximum Gasteiger partial charge on any atom is 0.335 e. The molecule has 0 bridgehead atoms. The highest BCUT2D eigenvalue weighted by atomic mass is 19.1. The van der Waals surface area contributed by atoms with Gasteiger partial charge in [-0.15, -0.1) is 0 Å². The summed E-state index contributed by atoms with van der Waals surface area (Å²) in [6.07, 6.45) is 0. The standard InChI is InChI=1S/C18H16FN3O3/c1-3-22-16-14(20-10(2)23)8-11(18(24)25)9-15(16)21-17(22)12-6-4-5-7-13(12)19/h4-9H,3H2,1-2H3,(H,20,23)(H,24,25). The van der Waals surface area contributed by atoms with Crippen LogP contribution in [0.15, 0.2) is 36.4 Å². The maximum absolute atomic E-state index is 14.2. The minimum Gasteiger partial charge on any atom is -0.478 e. The van der Waals surface area contributed by atoms with Crippen molar-refractivity contribution in [1.82, 2.24) is 9.55 Å². The van der Waals surface area contributed by atoms with Crippen LogP contribution in [0.4, 0.5) is 10.1 Å². The molecule has 0 saturated carbocycles. The van der Waals surface area contributed by atoms with Gasteiger partial charge in [0, 0.05) is 13.5 Å². The van der Waals surface area contributed by atoms with Crippen LogP contribution in [0, 0.1) is 5.82 Å². The Morgan fingerprint density at radius 3 is 2.60 bits per heavy atom. The number of nitrogens with one attached hydrogen (secondary N) is 1. The van der Waals surface area contributed by atoms with Crippen LogP contribution >= 0.6 is 0 Å². The van der Waals surface area contributed by atoms with Crippen molar-refractivity contribution < 1.29 is 19.1 Å². The summed E-state index contributed by atoms with van der Waals surface area (Å²) in [5.41, 5.74) is 1.58. The van der Waals surface area contributed by atoms with Gasteiger partial charge in [0.25, 0.3) is 0 Å². The van der Waals surface area contributed by atoms with Gasteiger partial charge in [-0.2, -0.15) is 0 Å². The van der Waals surface area contributed by atoms with Gasteiger partial charge < -0.3 is 15.0 Å². The smallest absolute Gasteiger partial charge is 0.335 e. The van der Waals surface area contributed by atoms with E-state index in [-0.39, 0.29) is 11.5 Å². The molecule has 7 heteroatoms. The van der Waals surface area contributed by atoms with Crippen LogP contribution in [0.25, 0.3) is 22.4 Å². The Hall–Kier alpha value is -3.22. The van der Waals surface area contributed by atoms with E-state index in [9.17, 15) is 19.1 Å². The molecule has 0 aliphatic carbocycles. The van der Waals surface area contributed by atoms with Gasteiger partial charge >= 0.3 is 5.97 Å². The molecule has 128 valence electrons. The normalized spacial score (nSPS) is 10.8. The lowest BCUT2D eigenvalue weighted by molar-refractivity contribution is -0.114. The van der Waals surface area contributed by atoms with Crippen molar-refractivity contribution in [2.45, 2.75) is 20.4 Å². The van der Waals surface area contributed by atoms with E-state index in [2.05, 4.69) is 10.3 Å². The fourth-order valence-corrected chi connectivity index (χ4v) is 2.83. The fraction of sp³-hybridized carbons (Fsp3) is 0.167. The summed E-state index contributed by atoms with van der Waals surface area (Å²) in [6.45, 7) is 3.68. The zero-order valence-electron chi connectivity index (χ0n) is 13.7. The van der Waals surface area contributed by atoms with E-state index in [1.54, 1.807) is 22.8 Å². The topological polar surface area (TPSA) is 84.2 Å². The van der Waals surface area contributed by atoms with Crippen LogP contribution in [0.5, 0.6) is 0 Å². The quantitative estimate of drug-likeness (QED) is 0.760. The number of hydrogen-bond acceptors (Lipinski definition) is 3. The van der Waals surface area contributed by atoms with Gasteiger partial charge in [-0.1, -0.05) is 12.1 Å². The summed E-state index contributed by atoms with van der Waals surface area (Å²) in [5, 5.41) is 11.9. The molecule has 0 fully saturated rings. The van der Waals surface area contributed by atoms with Gasteiger partial charge in [0.2, 0.25) is 5.91 Å². The fourth-order valence-electron chi connectivity index (χ4n) is 2.83. The SMILES string of the molecule is CCn1c(-c2ccccc2F)nc2cc(C(=O)O)cc(NC(C)=O)c21. The number of carbonyl (C=O) groups is 2. The highest BCUT2D eigenvalue weighted by Gasteiger charge is 2.20. The number of aromatic nitrogens is 2. The number of hydrogen-bond donors (Lipinski definition) is 2. The second-order valence-corrected chi connectivity index (χ2v) is 5.54. The molecule has 0 saturated heterocycles. The lowest BCUT2D eigenvalue weighted by atomic mass is 10.1. The monoisotopic (exact) mass is 341 g/mol. The first-order valence-electron chi connectivity index (χ1n) is 7.72. The highest BCUT2D eigenvalue weighted by Crippen LogP contribution is 2.32. The Bertz CT molecular complexity index is 995. The molecule has 1 heterocycles. The second-order valence-electron chi connectivity index (χ2n) is 5.54. The predicted molar refractivity (Wildman–Crippen MR) is 92.1 cm³/mol. The third kappa shape index (κ3) is 2.96. The van der Waals surface area contributed by atoms with Crippen LogP contribution in [-0.4, -0.2) is 26.5 Å². The molecule has 0 atom stereocenters. The summed E-state index contributed by atoms with van der Waals surface area (Å²) < 4.78 is 16.0. The van der Waals surface area contributed by atoms with Crippen molar-refractivity contribution in [2.75, 3.05) is 5.32 Å². The van der Waals surface area contributed by atoms with Crippen molar-refractivity contribution in [3.8, 4) is 11.4 Å². The Labute approximate surface area is 142 Å². The van der Waals surface area contributed by atoms with Gasteiger partial charge in [0.05, 0.1) is 27.8 Å². The molecule has 3 aromatic rings. The number of aromatic carboxylic acids is 1. The summed E-state index contributed by atoms with van der Waals surface area (Å²) in [4.78, 5) is 27.3. The first-order valence-corrected chi connectivity index (χ1v) is 7.72. The van der Waals surface area contributed by atoms with E-state index in [1.807, 2.05) is 6.92 Å². The molecule has 0 radical (unpaired) electrons. The predicted octanol–water partition coefficient (Wildman–Crippen LogP) is 3.52. The molecule has 2 N–H and O–H groups in total. The number of carbonyl (C=O) groups excluding carboxylic acids is 1. The number of aryl methyl sites for hydroxylation is 1. The lowest BCUT2D eigenvalue weighted by Gasteiger charge is -2.11. The molecule has 1 aromatic heterocycles. The number of imidazole rings is 1. The number of amides is 1. The van der Waals surface area contributed by atoms with Crippen LogP contribution < -0.4 is 5.32 Å². The molecule has 0 aliphatic rings. The first kappa shape index (κ1) is 16.6. The molecule has 0 aliphatic heterocycles. The zero-order chi connectivity index (χ0) is 18.1. The second kappa shape index (κ2) is 6.35. The molecule has 0 unspecified atom stereocenters. The van der Waals surface area contributed by atoms with E-state index in [0.29, 0.717) is 34.7 Å². The van der Waals surface area contributed by atoms with Crippen molar-refractivity contribution in [3.05, 3.63) is 47.8 Å². The molecule has 25 heavy (non-hydrogen) atoms. The van der Waals surface area contributed by atoms with Gasteiger partial charge in [-0.25, -0.2) is 14.2 Å². The largest absolute Gasteiger partial charge is 0.478 e. The number of nitrogens with zero attached hydrogens (tertiary/aromatic N) is 2. The first-order chi connectivity index (χ1) is 11.9. The van der Waals surface area contributed by atoms with Crippen LogP contribution in [0.1, 0.15) is 24.2 Å². The van der Waals surface area contributed by atoms with Crippen LogP contribution in [0.2, 0.25) is 0 Å². The molecule has 2 aromatic carbocycles. The van der Waals surface area contributed by atoms with Gasteiger partial charge in [0.1, 0.15) is 11.6 Å². The third-order valence-corrected chi connectivity index (χ3v) is 3.83. The van der Waals surface area contributed by atoms with E-state index < -0.39 is 11.8 Å². The van der Waals surface area contributed by atoms with Crippen molar-refractivity contribution >= 4 is 28.6 Å². The molecular weight excluding hydrogens is 325 g/mol. The summed E-state index contributed by atoms with van der Waals surface area (Å²) >= 11 is 0. The van der Waals surface area contributed by atoms with Crippen LogP contribution in [0.3, 0.4) is 0 Å². The molecule has 0 spiro atoms. The van der Waals surface area contributed by atoms with Gasteiger partial charge in [-0.3, -0.25) is 4.79 Å². The average Bonchev–Trinajstić information content (AvgIpc) is 2.93. The van der Waals surface area contributed by atoms with Gasteiger partial charge in [0.15, 0.2) is 0 Å². The molecule has 1 amide bonds. The molecule has 6 nitrogen and oxygen atoms in total. The Balaban J connectivity index is 2.36. The highest BCUT2D eigenvalue weighted by molar-refractivity contribution is 6.04. The minimum atomic E-state index is -1.13. The Morgan fingerprint density at radius 2 is 2.00 bits per heavy atom. The Morgan fingerprint density at radius 1 is 1.28 bits per heavy atom. The zero-order valence-corrected chi connectivity index (χ0v) is 13.7. The average molecular weight is 341 g/mol. The summed E-state index contributed by atoms with van der Waals surface area (Å²) in [5.74, 6) is -1.51. The van der Waals surface area contributed by atoms with Crippen molar-refractivity contribution in [2.24, 2.45) is 0 Å². The van der Waals surface area contributed by atoms with Gasteiger partial charge in [-0.05, 0) is 31.2 Å². The number of rotatable bonds is 4.